The molecule has 0 unspecified atom stereocenters. The minimum atomic E-state index is -3.35. The Balaban J connectivity index is 2.43. The van der Waals surface area contributed by atoms with Gasteiger partial charge in [0.05, 0.1) is 4.90 Å². The Kier molecular flexibility index (Phi) is 3.61. The summed E-state index contributed by atoms with van der Waals surface area (Å²) in [5, 5.41) is 0. The van der Waals surface area contributed by atoms with Crippen LogP contribution in [0.15, 0.2) is 27.6 Å². The average Bonchev–Trinajstić information content (AvgIpc) is 3.01. The Labute approximate surface area is 111 Å². The van der Waals surface area contributed by atoms with Crippen LogP contribution in [0.3, 0.4) is 0 Å². The first-order chi connectivity index (χ1) is 7.96. The van der Waals surface area contributed by atoms with Gasteiger partial charge in [-0.1, -0.05) is 13.0 Å². The fraction of sp³-hybridized carbons (Fsp3) is 0.500. The highest BCUT2D eigenvalue weighted by molar-refractivity contribution is 9.10. The van der Waals surface area contributed by atoms with Crippen molar-refractivity contribution >= 4 is 26.0 Å². The largest absolute Gasteiger partial charge is 0.244 e. The number of halogens is 1. The fourth-order valence-electron chi connectivity index (χ4n) is 1.93. The highest BCUT2D eigenvalue weighted by Gasteiger charge is 2.37. The minimum Gasteiger partial charge on any atom is -0.207 e. The van der Waals surface area contributed by atoms with Crippen LogP contribution in [-0.4, -0.2) is 25.3 Å². The lowest BCUT2D eigenvalue weighted by molar-refractivity contribution is 0.420. The third kappa shape index (κ3) is 2.56. The van der Waals surface area contributed by atoms with E-state index in [4.69, 9.17) is 0 Å². The van der Waals surface area contributed by atoms with Crippen LogP contribution < -0.4 is 0 Å². The number of rotatable bonds is 4. The van der Waals surface area contributed by atoms with Gasteiger partial charge < -0.3 is 0 Å². The number of aryl methyl sites for hydroxylation is 1. The topological polar surface area (TPSA) is 37.4 Å². The lowest BCUT2D eigenvalue weighted by atomic mass is 10.2. The number of sulfonamides is 1. The van der Waals surface area contributed by atoms with Crippen LogP contribution in [-0.2, 0) is 10.0 Å². The standard InChI is InChI=1S/C12H16BrNO2S/c1-3-14(10-5-6-10)17(15,16)12-7-4-9(2)8-11(12)13/h4,7-8,10H,3,5-6H2,1-2H3. The number of hydrogen-bond acceptors (Lipinski definition) is 2. The molecule has 0 amide bonds. The molecular formula is C12H16BrNO2S. The summed E-state index contributed by atoms with van der Waals surface area (Å²) in [4.78, 5) is 0.372. The van der Waals surface area contributed by atoms with Crippen LogP contribution in [0.2, 0.25) is 0 Å². The van der Waals surface area contributed by atoms with E-state index in [0.717, 1.165) is 18.4 Å². The Hall–Kier alpha value is -0.390. The molecule has 3 nitrogen and oxygen atoms in total. The Bertz CT molecular complexity index is 523. The monoisotopic (exact) mass is 317 g/mol. The summed E-state index contributed by atoms with van der Waals surface area (Å²) in [6, 6.07) is 5.56. The summed E-state index contributed by atoms with van der Waals surface area (Å²) < 4.78 is 27.2. The summed E-state index contributed by atoms with van der Waals surface area (Å²) in [6.45, 7) is 4.37. The van der Waals surface area contributed by atoms with Gasteiger partial charge >= 0.3 is 0 Å². The molecule has 0 N–H and O–H groups in total. The summed E-state index contributed by atoms with van der Waals surface area (Å²) >= 11 is 3.34. The van der Waals surface area contributed by atoms with E-state index < -0.39 is 10.0 Å². The maximum atomic E-state index is 12.5. The molecule has 0 radical (unpaired) electrons. The van der Waals surface area contributed by atoms with Crippen molar-refractivity contribution < 1.29 is 8.42 Å². The van der Waals surface area contributed by atoms with Gasteiger partial charge in [0.15, 0.2) is 0 Å². The highest BCUT2D eigenvalue weighted by Crippen LogP contribution is 2.34. The normalized spacial score (nSPS) is 16.5. The third-order valence-corrected chi connectivity index (χ3v) is 5.94. The van der Waals surface area contributed by atoms with Crippen molar-refractivity contribution in [2.45, 2.75) is 37.6 Å². The highest BCUT2D eigenvalue weighted by atomic mass is 79.9. The van der Waals surface area contributed by atoms with Crippen molar-refractivity contribution in [2.75, 3.05) is 6.54 Å². The van der Waals surface area contributed by atoms with Crippen LogP contribution in [0.1, 0.15) is 25.3 Å². The molecule has 17 heavy (non-hydrogen) atoms. The first-order valence-corrected chi connectivity index (χ1v) is 7.98. The van der Waals surface area contributed by atoms with Crippen molar-refractivity contribution in [3.63, 3.8) is 0 Å². The van der Waals surface area contributed by atoms with E-state index in [1.54, 1.807) is 10.4 Å². The molecule has 1 aliphatic rings. The van der Waals surface area contributed by atoms with Crippen LogP contribution in [0, 0.1) is 6.92 Å². The predicted octanol–water partition coefficient (Wildman–Crippen LogP) is 2.93. The summed E-state index contributed by atoms with van der Waals surface area (Å²) in [5.41, 5.74) is 1.05. The Morgan fingerprint density at radius 3 is 2.53 bits per heavy atom. The zero-order valence-electron chi connectivity index (χ0n) is 9.98. The molecule has 1 aliphatic carbocycles. The number of hydrogen-bond donors (Lipinski definition) is 0. The molecule has 0 heterocycles. The average molecular weight is 318 g/mol. The van der Waals surface area contributed by atoms with Crippen molar-refractivity contribution in [3.05, 3.63) is 28.2 Å². The van der Waals surface area contributed by atoms with Crippen molar-refractivity contribution in [3.8, 4) is 0 Å². The van der Waals surface area contributed by atoms with Crippen molar-refractivity contribution in [1.29, 1.82) is 0 Å². The van der Waals surface area contributed by atoms with Crippen molar-refractivity contribution in [1.82, 2.24) is 4.31 Å². The van der Waals surface area contributed by atoms with Crippen LogP contribution in [0.25, 0.3) is 0 Å². The lowest BCUT2D eigenvalue weighted by Crippen LogP contribution is -2.33. The van der Waals surface area contributed by atoms with E-state index in [1.807, 2.05) is 26.0 Å². The summed E-state index contributed by atoms with van der Waals surface area (Å²) in [7, 11) is -3.35. The van der Waals surface area contributed by atoms with E-state index >= 15 is 0 Å². The molecule has 0 atom stereocenters. The Morgan fingerprint density at radius 2 is 2.06 bits per heavy atom. The molecule has 0 spiro atoms. The molecule has 0 aliphatic heterocycles. The minimum absolute atomic E-state index is 0.207. The van der Waals surface area contributed by atoms with Gasteiger partial charge in [-0.25, -0.2) is 8.42 Å². The van der Waals surface area contributed by atoms with E-state index in [-0.39, 0.29) is 6.04 Å². The lowest BCUT2D eigenvalue weighted by Gasteiger charge is -2.20. The molecule has 0 saturated heterocycles. The Morgan fingerprint density at radius 1 is 1.41 bits per heavy atom. The fourth-order valence-corrected chi connectivity index (χ4v) is 4.78. The second-order valence-electron chi connectivity index (χ2n) is 4.37. The molecular weight excluding hydrogens is 302 g/mol. The van der Waals surface area contributed by atoms with E-state index in [2.05, 4.69) is 15.9 Å². The molecule has 1 saturated carbocycles. The first-order valence-electron chi connectivity index (χ1n) is 5.75. The second-order valence-corrected chi connectivity index (χ2v) is 7.09. The van der Waals surface area contributed by atoms with Gasteiger partial charge in [0, 0.05) is 17.1 Å². The van der Waals surface area contributed by atoms with Gasteiger partial charge in [-0.2, -0.15) is 4.31 Å². The van der Waals surface area contributed by atoms with Crippen molar-refractivity contribution in [2.24, 2.45) is 0 Å². The molecule has 5 heteroatoms. The molecule has 1 aromatic carbocycles. The number of nitrogens with zero attached hydrogens (tertiary/aromatic N) is 1. The summed E-state index contributed by atoms with van der Waals surface area (Å²) in [6.07, 6.45) is 1.97. The van der Waals surface area contributed by atoms with Gasteiger partial charge in [-0.15, -0.1) is 0 Å². The maximum Gasteiger partial charge on any atom is 0.244 e. The van der Waals surface area contributed by atoms with Crippen LogP contribution in [0.5, 0.6) is 0 Å². The van der Waals surface area contributed by atoms with Crippen LogP contribution >= 0.6 is 15.9 Å². The number of benzene rings is 1. The van der Waals surface area contributed by atoms with E-state index in [1.165, 1.54) is 0 Å². The van der Waals surface area contributed by atoms with Gasteiger partial charge in [-0.05, 0) is 53.4 Å². The van der Waals surface area contributed by atoms with Crippen LogP contribution in [0.4, 0.5) is 0 Å². The quantitative estimate of drug-likeness (QED) is 0.856. The molecule has 94 valence electrons. The van der Waals surface area contributed by atoms with Gasteiger partial charge in [0.25, 0.3) is 0 Å². The van der Waals surface area contributed by atoms with Gasteiger partial charge in [0.1, 0.15) is 0 Å². The zero-order chi connectivity index (χ0) is 12.6. The maximum absolute atomic E-state index is 12.5. The zero-order valence-corrected chi connectivity index (χ0v) is 12.4. The first kappa shape index (κ1) is 13.1. The second kappa shape index (κ2) is 4.71. The van der Waals surface area contributed by atoms with Gasteiger partial charge in [0.2, 0.25) is 10.0 Å². The molecule has 1 aromatic rings. The third-order valence-electron chi connectivity index (χ3n) is 2.94. The van der Waals surface area contributed by atoms with Gasteiger partial charge in [-0.3, -0.25) is 0 Å². The summed E-state index contributed by atoms with van der Waals surface area (Å²) in [5.74, 6) is 0. The molecule has 2 rings (SSSR count). The van der Waals surface area contributed by atoms with E-state index in [0.29, 0.717) is 15.9 Å². The van der Waals surface area contributed by atoms with E-state index in [9.17, 15) is 8.42 Å². The predicted molar refractivity (Wildman–Crippen MR) is 71.5 cm³/mol. The smallest absolute Gasteiger partial charge is 0.207 e. The molecule has 0 bridgehead atoms. The molecule has 1 fully saturated rings. The SMILES string of the molecule is CCN(C1CC1)S(=O)(=O)c1ccc(C)cc1Br. The molecule has 0 aromatic heterocycles.